The second-order valence-corrected chi connectivity index (χ2v) is 4.15. The van der Waals surface area contributed by atoms with Gasteiger partial charge in [-0.3, -0.25) is 4.79 Å². The molecule has 1 aliphatic rings. The highest BCUT2D eigenvalue weighted by molar-refractivity contribution is 7.99. The first-order valence-electron chi connectivity index (χ1n) is 4.32. The summed E-state index contributed by atoms with van der Waals surface area (Å²) >= 11 is 1.82. The Hall–Kier alpha value is -0.800. The van der Waals surface area contributed by atoms with E-state index in [2.05, 4.69) is 5.32 Å². The maximum absolute atomic E-state index is 10.6. The third-order valence-electron chi connectivity index (χ3n) is 2.08. The van der Waals surface area contributed by atoms with Crippen LogP contribution in [0, 0.1) is 0 Å². The van der Waals surface area contributed by atoms with Crippen LogP contribution < -0.4 is 5.32 Å². The number of aldehydes is 1. The predicted octanol–water partition coefficient (Wildman–Crippen LogP) is 1.69. The van der Waals surface area contributed by atoms with E-state index in [4.69, 9.17) is 0 Å². The fourth-order valence-corrected chi connectivity index (χ4v) is 2.39. The van der Waals surface area contributed by atoms with Gasteiger partial charge in [-0.1, -0.05) is 12.1 Å². The molecule has 0 spiro atoms. The minimum absolute atomic E-state index is 0.771. The van der Waals surface area contributed by atoms with E-state index in [-0.39, 0.29) is 0 Å². The summed E-state index contributed by atoms with van der Waals surface area (Å²) in [7, 11) is 0. The van der Waals surface area contributed by atoms with Gasteiger partial charge in [0.25, 0.3) is 0 Å². The van der Waals surface area contributed by atoms with Gasteiger partial charge in [-0.2, -0.15) is 0 Å². The van der Waals surface area contributed by atoms with E-state index in [9.17, 15) is 4.79 Å². The van der Waals surface area contributed by atoms with Crippen molar-refractivity contribution in [1.82, 2.24) is 5.32 Å². The van der Waals surface area contributed by atoms with Crippen LogP contribution in [-0.2, 0) is 6.54 Å². The molecule has 0 saturated heterocycles. The molecule has 1 N–H and O–H groups in total. The largest absolute Gasteiger partial charge is 0.312 e. The highest BCUT2D eigenvalue weighted by atomic mass is 32.2. The molecule has 0 fully saturated rings. The van der Waals surface area contributed by atoms with Crippen LogP contribution in [-0.4, -0.2) is 18.6 Å². The fourth-order valence-electron chi connectivity index (χ4n) is 1.38. The van der Waals surface area contributed by atoms with Crippen molar-refractivity contribution in [3.8, 4) is 0 Å². The number of carbonyl (C=O) groups is 1. The fraction of sp³-hybridized carbons (Fsp3) is 0.300. The van der Waals surface area contributed by atoms with Gasteiger partial charge < -0.3 is 5.32 Å². The van der Waals surface area contributed by atoms with Crippen molar-refractivity contribution in [2.24, 2.45) is 0 Å². The van der Waals surface area contributed by atoms with E-state index in [1.54, 1.807) is 0 Å². The van der Waals surface area contributed by atoms with E-state index in [0.717, 1.165) is 30.7 Å². The number of thioether (sulfide) groups is 1. The number of carbonyl (C=O) groups excluding carboxylic acids is 1. The van der Waals surface area contributed by atoms with Gasteiger partial charge in [0.2, 0.25) is 0 Å². The highest BCUT2D eigenvalue weighted by Gasteiger charge is 2.07. The predicted molar refractivity (Wildman–Crippen MR) is 54.3 cm³/mol. The Balaban J connectivity index is 2.37. The van der Waals surface area contributed by atoms with Crippen molar-refractivity contribution in [3.05, 3.63) is 29.3 Å². The summed E-state index contributed by atoms with van der Waals surface area (Å²) in [6, 6.07) is 5.88. The van der Waals surface area contributed by atoms with Crippen LogP contribution in [0.25, 0.3) is 0 Å². The number of rotatable bonds is 1. The summed E-state index contributed by atoms with van der Waals surface area (Å²) < 4.78 is 0. The van der Waals surface area contributed by atoms with Crippen LogP contribution >= 0.6 is 11.8 Å². The van der Waals surface area contributed by atoms with Crippen molar-refractivity contribution in [3.63, 3.8) is 0 Å². The van der Waals surface area contributed by atoms with Gasteiger partial charge >= 0.3 is 0 Å². The monoisotopic (exact) mass is 193 g/mol. The first kappa shape index (κ1) is 8.78. The average Bonchev–Trinajstić information content (AvgIpc) is 2.41. The number of nitrogens with one attached hydrogen (secondary N) is 1. The lowest BCUT2D eigenvalue weighted by Gasteiger charge is -2.04. The van der Waals surface area contributed by atoms with Crippen LogP contribution in [0.1, 0.15) is 15.9 Å². The summed E-state index contributed by atoms with van der Waals surface area (Å²) in [5.41, 5.74) is 2.07. The van der Waals surface area contributed by atoms with Gasteiger partial charge in [0.15, 0.2) is 0 Å². The first-order chi connectivity index (χ1) is 6.40. The molecule has 2 nitrogen and oxygen atoms in total. The van der Waals surface area contributed by atoms with Crippen molar-refractivity contribution in [1.29, 1.82) is 0 Å². The quantitative estimate of drug-likeness (QED) is 0.688. The second kappa shape index (κ2) is 3.94. The smallest absolute Gasteiger partial charge is 0.150 e. The molecule has 1 aromatic rings. The molecule has 0 saturated carbocycles. The van der Waals surface area contributed by atoms with Crippen molar-refractivity contribution in [2.45, 2.75) is 11.4 Å². The van der Waals surface area contributed by atoms with Gasteiger partial charge in [-0.05, 0) is 11.6 Å². The van der Waals surface area contributed by atoms with Crippen LogP contribution in [0.2, 0.25) is 0 Å². The maximum atomic E-state index is 10.6. The molecular weight excluding hydrogens is 182 g/mol. The molecule has 0 unspecified atom stereocenters. The molecule has 3 heteroatoms. The van der Waals surface area contributed by atoms with Gasteiger partial charge in [-0.15, -0.1) is 11.8 Å². The molecule has 0 aromatic heterocycles. The normalized spacial score (nSPS) is 16.0. The second-order valence-electron chi connectivity index (χ2n) is 3.01. The minimum Gasteiger partial charge on any atom is -0.312 e. The lowest BCUT2D eigenvalue weighted by Crippen LogP contribution is -2.13. The molecule has 0 aliphatic carbocycles. The van der Waals surface area contributed by atoms with Crippen LogP contribution in [0.4, 0.5) is 0 Å². The molecule has 2 rings (SSSR count). The standard InChI is InChI=1S/C10H11NOS/c12-7-8-1-2-9-6-11-3-4-13-10(9)5-8/h1-2,5,7,11H,3-4,6H2. The summed E-state index contributed by atoms with van der Waals surface area (Å²) in [5.74, 6) is 1.08. The summed E-state index contributed by atoms with van der Waals surface area (Å²) in [4.78, 5) is 11.8. The number of hydrogen-bond donors (Lipinski definition) is 1. The van der Waals surface area contributed by atoms with E-state index in [1.165, 1.54) is 10.5 Å². The Bertz CT molecular complexity index is 325. The molecular formula is C10H11NOS. The summed E-state index contributed by atoms with van der Waals surface area (Å²) in [6.45, 7) is 1.96. The zero-order chi connectivity index (χ0) is 9.10. The Kier molecular flexibility index (Phi) is 2.66. The van der Waals surface area contributed by atoms with E-state index >= 15 is 0 Å². The maximum Gasteiger partial charge on any atom is 0.150 e. The van der Waals surface area contributed by atoms with Crippen LogP contribution in [0.15, 0.2) is 23.1 Å². The third kappa shape index (κ3) is 1.92. The van der Waals surface area contributed by atoms with Gasteiger partial charge in [0.1, 0.15) is 6.29 Å². The van der Waals surface area contributed by atoms with Gasteiger partial charge in [-0.25, -0.2) is 0 Å². The minimum atomic E-state index is 0.771. The van der Waals surface area contributed by atoms with E-state index in [1.807, 2.05) is 30.0 Å². The Morgan fingerprint density at radius 1 is 1.46 bits per heavy atom. The zero-order valence-electron chi connectivity index (χ0n) is 7.25. The van der Waals surface area contributed by atoms with Crippen LogP contribution in [0.3, 0.4) is 0 Å². The Morgan fingerprint density at radius 3 is 3.23 bits per heavy atom. The third-order valence-corrected chi connectivity index (χ3v) is 3.18. The lowest BCUT2D eigenvalue weighted by atomic mass is 10.1. The number of fused-ring (bicyclic) bond motifs is 1. The molecule has 0 atom stereocenters. The molecule has 1 aliphatic heterocycles. The Labute approximate surface area is 81.7 Å². The van der Waals surface area contributed by atoms with Crippen molar-refractivity contribution in [2.75, 3.05) is 12.3 Å². The average molecular weight is 193 g/mol. The van der Waals surface area contributed by atoms with Gasteiger partial charge in [0.05, 0.1) is 0 Å². The molecule has 1 aromatic carbocycles. The lowest BCUT2D eigenvalue weighted by molar-refractivity contribution is 0.112. The van der Waals surface area contributed by atoms with E-state index < -0.39 is 0 Å². The topological polar surface area (TPSA) is 29.1 Å². The van der Waals surface area contributed by atoms with Gasteiger partial charge in [0, 0.05) is 29.3 Å². The zero-order valence-corrected chi connectivity index (χ0v) is 8.06. The first-order valence-corrected chi connectivity index (χ1v) is 5.30. The van der Waals surface area contributed by atoms with E-state index in [0.29, 0.717) is 0 Å². The molecule has 1 heterocycles. The molecule has 0 amide bonds. The Morgan fingerprint density at radius 2 is 2.38 bits per heavy atom. The highest BCUT2D eigenvalue weighted by Crippen LogP contribution is 2.25. The SMILES string of the molecule is O=Cc1ccc2c(c1)SCCNC2. The van der Waals surface area contributed by atoms with Crippen molar-refractivity contribution < 1.29 is 4.79 Å². The van der Waals surface area contributed by atoms with Crippen LogP contribution in [0.5, 0.6) is 0 Å². The molecule has 0 radical (unpaired) electrons. The summed E-state index contributed by atoms with van der Waals surface area (Å²) in [5, 5.41) is 3.33. The molecule has 13 heavy (non-hydrogen) atoms. The summed E-state index contributed by atoms with van der Waals surface area (Å²) in [6.07, 6.45) is 0.902. The molecule has 68 valence electrons. The van der Waals surface area contributed by atoms with Crippen molar-refractivity contribution >= 4 is 18.0 Å². The number of benzene rings is 1. The number of hydrogen-bond acceptors (Lipinski definition) is 3. The molecule has 0 bridgehead atoms.